The van der Waals surface area contributed by atoms with Crippen LogP contribution in [0.4, 0.5) is 26.3 Å². The molecule has 1 aliphatic rings. The maximum Gasteiger partial charge on any atom is 0.380 e. The van der Waals surface area contributed by atoms with E-state index in [4.69, 9.17) is 34.8 Å². The number of rotatable bonds is 2. The summed E-state index contributed by atoms with van der Waals surface area (Å²) >= 11 is 19.0. The third-order valence-corrected chi connectivity index (χ3v) is 3.12. The Balaban J connectivity index is 2.94. The van der Waals surface area contributed by atoms with Gasteiger partial charge in [0.15, 0.2) is 0 Å². The van der Waals surface area contributed by atoms with Crippen LogP contribution in [0.15, 0.2) is 0 Å². The van der Waals surface area contributed by atoms with E-state index in [9.17, 15) is 26.3 Å². The SMILES string of the molecule is FC(Cl)(OC1(F)C(F)(F)C1(F)F)C(Cl)(Cl)Cl. The number of hydrogen-bond donors (Lipinski definition) is 0. The third kappa shape index (κ3) is 1.67. The molecule has 0 spiro atoms. The van der Waals surface area contributed by atoms with Crippen LogP contribution in [0.5, 0.6) is 0 Å². The average Bonchev–Trinajstić information content (AvgIpc) is 2.25. The highest BCUT2D eigenvalue weighted by molar-refractivity contribution is 6.70. The van der Waals surface area contributed by atoms with Crippen molar-refractivity contribution in [3.63, 3.8) is 0 Å². The molecule has 0 aromatic carbocycles. The summed E-state index contributed by atoms with van der Waals surface area (Å²) in [5, 5.41) is -4.17. The normalized spacial score (nSPS) is 29.6. The third-order valence-electron chi connectivity index (χ3n) is 1.74. The van der Waals surface area contributed by atoms with Crippen molar-refractivity contribution < 1.29 is 31.1 Å². The van der Waals surface area contributed by atoms with Gasteiger partial charge in [-0.1, -0.05) is 34.8 Å². The molecule has 1 atom stereocenters. The molecule has 0 bridgehead atoms. The van der Waals surface area contributed by atoms with Crippen LogP contribution >= 0.6 is 46.4 Å². The van der Waals surface area contributed by atoms with Crippen LogP contribution in [0.2, 0.25) is 0 Å². The minimum atomic E-state index is -5.25. The van der Waals surface area contributed by atoms with Gasteiger partial charge < -0.3 is 0 Å². The lowest BCUT2D eigenvalue weighted by Crippen LogP contribution is -2.41. The van der Waals surface area contributed by atoms with Crippen LogP contribution in [-0.4, -0.2) is 26.8 Å². The second kappa shape index (κ2) is 3.38. The molecule has 0 radical (unpaired) electrons. The Morgan fingerprint density at radius 3 is 1.31 bits per heavy atom. The van der Waals surface area contributed by atoms with Gasteiger partial charge >= 0.3 is 23.0 Å². The molecule has 0 amide bonds. The lowest BCUT2D eigenvalue weighted by atomic mass is 10.6. The average molecular weight is 332 g/mol. The fourth-order valence-corrected chi connectivity index (χ4v) is 0.948. The fourth-order valence-electron chi connectivity index (χ4n) is 0.726. The monoisotopic (exact) mass is 330 g/mol. The highest BCUT2D eigenvalue weighted by Crippen LogP contribution is 2.70. The Bertz CT molecular complexity index is 299. The molecule has 96 valence electrons. The molecular weight excluding hydrogens is 332 g/mol. The summed E-state index contributed by atoms with van der Waals surface area (Å²) in [5.41, 5.74) is 0. The van der Waals surface area contributed by atoms with Gasteiger partial charge in [0.2, 0.25) is 0 Å². The Kier molecular flexibility index (Phi) is 3.11. The second-order valence-electron chi connectivity index (χ2n) is 2.86. The van der Waals surface area contributed by atoms with Crippen molar-refractivity contribution in [1.82, 2.24) is 0 Å². The van der Waals surface area contributed by atoms with E-state index in [2.05, 4.69) is 16.3 Å². The van der Waals surface area contributed by atoms with Crippen LogP contribution in [0.1, 0.15) is 0 Å². The summed E-state index contributed by atoms with van der Waals surface area (Å²) < 4.78 is 74.8. The van der Waals surface area contributed by atoms with E-state index < -0.39 is 26.8 Å². The first kappa shape index (κ1) is 14.8. The van der Waals surface area contributed by atoms with Crippen molar-refractivity contribution in [3.05, 3.63) is 0 Å². The van der Waals surface area contributed by atoms with E-state index in [-0.39, 0.29) is 0 Å². The molecule has 0 heterocycles. The highest BCUT2D eigenvalue weighted by Gasteiger charge is 3.02. The first-order valence-electron chi connectivity index (χ1n) is 3.30. The molecule has 1 unspecified atom stereocenters. The molecule has 16 heavy (non-hydrogen) atoms. The predicted molar refractivity (Wildman–Crippen MR) is 44.8 cm³/mol. The maximum atomic E-state index is 13.1. The number of halogens is 10. The van der Waals surface area contributed by atoms with Crippen molar-refractivity contribution in [1.29, 1.82) is 0 Å². The Labute approximate surface area is 105 Å². The Morgan fingerprint density at radius 2 is 1.12 bits per heavy atom. The minimum absolute atomic E-state index is 3.07. The molecule has 1 saturated carbocycles. The fraction of sp³-hybridized carbons (Fsp3) is 1.00. The molecule has 1 rings (SSSR count). The molecule has 11 heteroatoms. The van der Waals surface area contributed by atoms with Gasteiger partial charge in [-0.05, 0) is 11.6 Å². The van der Waals surface area contributed by atoms with Crippen molar-refractivity contribution in [2.75, 3.05) is 0 Å². The summed E-state index contributed by atoms with van der Waals surface area (Å²) in [4.78, 5) is 0. The van der Waals surface area contributed by atoms with Crippen LogP contribution in [0.3, 0.4) is 0 Å². The molecule has 1 aliphatic carbocycles. The topological polar surface area (TPSA) is 9.23 Å². The molecule has 0 aromatic rings. The quantitative estimate of drug-likeness (QED) is 0.544. The summed E-state index contributed by atoms with van der Waals surface area (Å²) in [7, 11) is 0. The minimum Gasteiger partial charge on any atom is -0.282 e. The molecule has 0 aliphatic heterocycles. The zero-order valence-corrected chi connectivity index (χ0v) is 9.71. The van der Waals surface area contributed by atoms with E-state index in [0.717, 1.165) is 0 Å². The summed E-state index contributed by atoms with van der Waals surface area (Å²) in [6.07, 6.45) is 0. The van der Waals surface area contributed by atoms with Crippen LogP contribution < -0.4 is 0 Å². The number of hydrogen-bond acceptors (Lipinski definition) is 1. The van der Waals surface area contributed by atoms with Crippen molar-refractivity contribution in [2.45, 2.75) is 26.8 Å². The lowest BCUT2D eigenvalue weighted by molar-refractivity contribution is -0.231. The summed E-state index contributed by atoms with van der Waals surface area (Å²) in [6.45, 7) is 0. The summed E-state index contributed by atoms with van der Waals surface area (Å²) in [5.74, 6) is -15.4. The van der Waals surface area contributed by atoms with Crippen LogP contribution in [0, 0.1) is 0 Å². The van der Waals surface area contributed by atoms with Crippen LogP contribution in [0.25, 0.3) is 0 Å². The van der Waals surface area contributed by atoms with Gasteiger partial charge in [-0.25, -0.2) is 0 Å². The number of alkyl halides is 10. The van der Waals surface area contributed by atoms with E-state index in [1.807, 2.05) is 0 Å². The van der Waals surface area contributed by atoms with E-state index in [1.54, 1.807) is 0 Å². The van der Waals surface area contributed by atoms with Crippen molar-refractivity contribution in [3.8, 4) is 0 Å². The Hall–Kier alpha value is 0.700. The lowest BCUT2D eigenvalue weighted by Gasteiger charge is -2.26. The van der Waals surface area contributed by atoms with Gasteiger partial charge in [-0.2, -0.15) is 26.3 Å². The first-order chi connectivity index (χ1) is 6.71. The molecule has 0 N–H and O–H groups in total. The van der Waals surface area contributed by atoms with E-state index in [1.165, 1.54) is 0 Å². The van der Waals surface area contributed by atoms with Gasteiger partial charge in [0.05, 0.1) is 0 Å². The molecule has 0 saturated heterocycles. The predicted octanol–water partition coefficient (Wildman–Crippen LogP) is 4.19. The van der Waals surface area contributed by atoms with Crippen molar-refractivity contribution in [2.24, 2.45) is 0 Å². The first-order valence-corrected chi connectivity index (χ1v) is 4.81. The second-order valence-corrected chi connectivity index (χ2v) is 5.63. The molecular formula is C5Cl4F6O. The number of ether oxygens (including phenoxy) is 1. The van der Waals surface area contributed by atoms with E-state index in [0.29, 0.717) is 0 Å². The smallest absolute Gasteiger partial charge is 0.282 e. The zero-order valence-electron chi connectivity index (χ0n) is 6.69. The Morgan fingerprint density at radius 1 is 0.812 bits per heavy atom. The summed E-state index contributed by atoms with van der Waals surface area (Å²) in [6, 6.07) is 0. The van der Waals surface area contributed by atoms with Gasteiger partial charge in [0.1, 0.15) is 0 Å². The van der Waals surface area contributed by atoms with Crippen molar-refractivity contribution >= 4 is 46.4 Å². The maximum absolute atomic E-state index is 13.1. The van der Waals surface area contributed by atoms with Gasteiger partial charge in [-0.15, -0.1) is 0 Å². The highest BCUT2D eigenvalue weighted by atomic mass is 35.6. The van der Waals surface area contributed by atoms with E-state index >= 15 is 0 Å². The van der Waals surface area contributed by atoms with Gasteiger partial charge in [0.25, 0.3) is 3.79 Å². The molecule has 1 fully saturated rings. The molecule has 1 nitrogen and oxygen atoms in total. The largest absolute Gasteiger partial charge is 0.380 e. The van der Waals surface area contributed by atoms with Crippen LogP contribution in [-0.2, 0) is 4.74 Å². The standard InChI is InChI=1S/C5Cl4F6O/c6-4(7,8)5(9,15)16-3(14)1(10,11)2(3,12)13. The van der Waals surface area contributed by atoms with Gasteiger partial charge in [-0.3, -0.25) is 4.74 Å². The molecule has 0 aromatic heterocycles. The zero-order chi connectivity index (χ0) is 13.2. The van der Waals surface area contributed by atoms with Gasteiger partial charge in [0, 0.05) is 0 Å².